The van der Waals surface area contributed by atoms with E-state index in [2.05, 4.69) is 0 Å². The Morgan fingerprint density at radius 1 is 0.650 bits per heavy atom. The Balaban J connectivity index is 2.08. The van der Waals surface area contributed by atoms with E-state index in [-0.39, 0.29) is 29.8 Å². The van der Waals surface area contributed by atoms with Crippen LogP contribution in [0.4, 0.5) is 17.6 Å². The fraction of sp³-hybridized carbons (Fsp3) is 0.133. The number of rotatable bonds is 4. The highest BCUT2D eigenvalue weighted by Crippen LogP contribution is 2.12. The number of carbonyl (C=O) groups excluding carboxylic acids is 1. The minimum Gasteiger partial charge on any atom is -0.299 e. The van der Waals surface area contributed by atoms with Gasteiger partial charge in [0.25, 0.3) is 0 Å². The van der Waals surface area contributed by atoms with Gasteiger partial charge in [-0.2, -0.15) is 0 Å². The van der Waals surface area contributed by atoms with Gasteiger partial charge in [-0.1, -0.05) is 0 Å². The molecule has 0 aliphatic rings. The summed E-state index contributed by atoms with van der Waals surface area (Å²) in [7, 11) is 0. The van der Waals surface area contributed by atoms with Crippen LogP contribution in [0.25, 0.3) is 0 Å². The first kappa shape index (κ1) is 14.2. The topological polar surface area (TPSA) is 17.1 Å². The van der Waals surface area contributed by atoms with Crippen molar-refractivity contribution in [2.24, 2.45) is 0 Å². The number of ketones is 1. The maximum absolute atomic E-state index is 13.0. The zero-order chi connectivity index (χ0) is 14.7. The summed E-state index contributed by atoms with van der Waals surface area (Å²) in [6.07, 6.45) is -0.403. The van der Waals surface area contributed by atoms with Crippen LogP contribution < -0.4 is 0 Å². The lowest BCUT2D eigenvalue weighted by atomic mass is 10.0. The molecule has 0 aliphatic carbocycles. The molecule has 0 spiro atoms. The van der Waals surface area contributed by atoms with E-state index in [4.69, 9.17) is 0 Å². The first-order valence-electron chi connectivity index (χ1n) is 5.84. The summed E-state index contributed by atoms with van der Waals surface area (Å²) in [5, 5.41) is 0. The van der Waals surface area contributed by atoms with E-state index in [0.29, 0.717) is 12.1 Å². The van der Waals surface area contributed by atoms with Crippen molar-refractivity contribution >= 4 is 5.78 Å². The maximum Gasteiger partial charge on any atom is 0.141 e. The monoisotopic (exact) mass is 282 g/mol. The van der Waals surface area contributed by atoms with Crippen molar-refractivity contribution in [2.45, 2.75) is 12.8 Å². The standard InChI is InChI=1S/C15H10F4O/c16-11-1-9(2-12(17)7-11)5-15(20)6-10-3-13(18)8-14(19)4-10/h1-4,7-8H,5-6H2. The third kappa shape index (κ3) is 3.91. The highest BCUT2D eigenvalue weighted by molar-refractivity contribution is 5.83. The number of carbonyl (C=O) groups is 1. The lowest BCUT2D eigenvalue weighted by Gasteiger charge is -2.03. The molecule has 0 aliphatic heterocycles. The Kier molecular flexibility index (Phi) is 4.17. The van der Waals surface area contributed by atoms with Gasteiger partial charge in [-0.05, 0) is 35.4 Å². The molecule has 0 amide bonds. The predicted octanol–water partition coefficient (Wildman–Crippen LogP) is 3.60. The van der Waals surface area contributed by atoms with Crippen molar-refractivity contribution in [2.75, 3.05) is 0 Å². The third-order valence-electron chi connectivity index (χ3n) is 2.65. The highest BCUT2D eigenvalue weighted by atomic mass is 19.1. The van der Waals surface area contributed by atoms with Crippen LogP contribution in [-0.2, 0) is 17.6 Å². The second kappa shape index (κ2) is 5.86. The molecule has 0 N–H and O–H groups in total. The van der Waals surface area contributed by atoms with Crippen molar-refractivity contribution in [3.05, 3.63) is 70.8 Å². The van der Waals surface area contributed by atoms with Gasteiger partial charge in [0.05, 0.1) is 0 Å². The Labute approximate surface area is 112 Å². The molecule has 20 heavy (non-hydrogen) atoms. The minimum absolute atomic E-state index is 0.185. The largest absolute Gasteiger partial charge is 0.299 e. The van der Waals surface area contributed by atoms with Crippen molar-refractivity contribution in [3.8, 4) is 0 Å². The highest BCUT2D eigenvalue weighted by Gasteiger charge is 2.09. The van der Waals surface area contributed by atoms with Crippen LogP contribution in [0.2, 0.25) is 0 Å². The van der Waals surface area contributed by atoms with Gasteiger partial charge in [0.15, 0.2) is 0 Å². The molecule has 0 unspecified atom stereocenters. The quantitative estimate of drug-likeness (QED) is 0.783. The molecule has 0 saturated heterocycles. The van der Waals surface area contributed by atoms with E-state index in [1.54, 1.807) is 0 Å². The van der Waals surface area contributed by atoms with E-state index in [0.717, 1.165) is 24.3 Å². The van der Waals surface area contributed by atoms with Crippen LogP contribution in [0.3, 0.4) is 0 Å². The Hall–Kier alpha value is -2.17. The van der Waals surface area contributed by atoms with E-state index in [9.17, 15) is 22.4 Å². The van der Waals surface area contributed by atoms with E-state index >= 15 is 0 Å². The molecule has 0 saturated carbocycles. The molecule has 104 valence electrons. The van der Waals surface area contributed by atoms with Crippen molar-refractivity contribution in [3.63, 3.8) is 0 Å². The van der Waals surface area contributed by atoms with Crippen molar-refractivity contribution in [1.82, 2.24) is 0 Å². The number of hydrogen-bond donors (Lipinski definition) is 0. The summed E-state index contributed by atoms with van der Waals surface area (Å²) in [5.74, 6) is -3.48. The SMILES string of the molecule is O=C(Cc1cc(F)cc(F)c1)Cc1cc(F)cc(F)c1. The summed E-state index contributed by atoms with van der Waals surface area (Å²) in [4.78, 5) is 11.7. The average Bonchev–Trinajstić information content (AvgIpc) is 2.24. The van der Waals surface area contributed by atoms with E-state index in [1.165, 1.54) is 0 Å². The van der Waals surface area contributed by atoms with Crippen LogP contribution in [0.5, 0.6) is 0 Å². The molecule has 0 atom stereocenters. The Morgan fingerprint density at radius 2 is 0.950 bits per heavy atom. The second-order valence-corrected chi connectivity index (χ2v) is 4.45. The molecule has 0 radical (unpaired) electrons. The lowest BCUT2D eigenvalue weighted by Crippen LogP contribution is -2.07. The molecule has 2 rings (SSSR count). The molecule has 0 bridgehead atoms. The van der Waals surface area contributed by atoms with Crippen LogP contribution in [0, 0.1) is 23.3 Å². The average molecular weight is 282 g/mol. The minimum atomic E-state index is -0.774. The number of hydrogen-bond acceptors (Lipinski definition) is 1. The number of halogens is 4. The van der Waals surface area contributed by atoms with Gasteiger partial charge >= 0.3 is 0 Å². The van der Waals surface area contributed by atoms with Crippen LogP contribution in [-0.4, -0.2) is 5.78 Å². The molecule has 2 aromatic rings. The number of Topliss-reactive ketones (excluding diaryl/α,β-unsaturated/α-hetero) is 1. The first-order valence-corrected chi connectivity index (χ1v) is 5.84. The molecule has 0 heterocycles. The summed E-state index contributed by atoms with van der Waals surface area (Å²) in [5.41, 5.74) is 0.369. The summed E-state index contributed by atoms with van der Waals surface area (Å²) < 4.78 is 51.8. The first-order chi connectivity index (χ1) is 9.42. The van der Waals surface area contributed by atoms with Gasteiger partial charge < -0.3 is 0 Å². The van der Waals surface area contributed by atoms with Gasteiger partial charge in [0.2, 0.25) is 0 Å². The smallest absolute Gasteiger partial charge is 0.141 e. The fourth-order valence-corrected chi connectivity index (χ4v) is 1.94. The molecule has 2 aromatic carbocycles. The normalized spacial score (nSPS) is 10.6. The molecular formula is C15H10F4O. The second-order valence-electron chi connectivity index (χ2n) is 4.45. The maximum atomic E-state index is 13.0. The zero-order valence-electron chi connectivity index (χ0n) is 10.3. The predicted molar refractivity (Wildman–Crippen MR) is 65.1 cm³/mol. The van der Waals surface area contributed by atoms with Gasteiger partial charge in [-0.15, -0.1) is 0 Å². The molecule has 0 fully saturated rings. The summed E-state index contributed by atoms with van der Waals surface area (Å²) >= 11 is 0. The third-order valence-corrected chi connectivity index (χ3v) is 2.65. The van der Waals surface area contributed by atoms with Gasteiger partial charge in [0, 0.05) is 25.0 Å². The van der Waals surface area contributed by atoms with E-state index in [1.807, 2.05) is 0 Å². The van der Waals surface area contributed by atoms with Gasteiger partial charge in [-0.25, -0.2) is 17.6 Å². The molecule has 0 aromatic heterocycles. The Bertz CT molecular complexity index is 556. The van der Waals surface area contributed by atoms with E-state index < -0.39 is 23.3 Å². The Morgan fingerprint density at radius 3 is 1.25 bits per heavy atom. The van der Waals surface area contributed by atoms with Crippen LogP contribution >= 0.6 is 0 Å². The number of benzene rings is 2. The summed E-state index contributed by atoms with van der Waals surface area (Å²) in [6.45, 7) is 0. The zero-order valence-corrected chi connectivity index (χ0v) is 10.3. The van der Waals surface area contributed by atoms with Crippen LogP contribution in [0.15, 0.2) is 36.4 Å². The molecule has 1 nitrogen and oxygen atoms in total. The van der Waals surface area contributed by atoms with Crippen molar-refractivity contribution < 1.29 is 22.4 Å². The fourth-order valence-electron chi connectivity index (χ4n) is 1.94. The van der Waals surface area contributed by atoms with Gasteiger partial charge in [-0.3, -0.25) is 4.79 Å². The summed E-state index contributed by atoms with van der Waals surface area (Å²) in [6, 6.07) is 5.60. The molecule has 5 heteroatoms. The van der Waals surface area contributed by atoms with Gasteiger partial charge in [0.1, 0.15) is 29.1 Å². The van der Waals surface area contributed by atoms with Crippen molar-refractivity contribution in [1.29, 1.82) is 0 Å². The van der Waals surface area contributed by atoms with Crippen LogP contribution in [0.1, 0.15) is 11.1 Å². The molecular weight excluding hydrogens is 272 g/mol. The lowest BCUT2D eigenvalue weighted by molar-refractivity contribution is -0.117.